The molecule has 0 spiro atoms. The summed E-state index contributed by atoms with van der Waals surface area (Å²) >= 11 is 3.53. The van der Waals surface area contributed by atoms with Gasteiger partial charge in [0.1, 0.15) is 5.01 Å². The Morgan fingerprint density at radius 2 is 2.38 bits per heavy atom. The second-order valence-electron chi connectivity index (χ2n) is 3.87. The summed E-state index contributed by atoms with van der Waals surface area (Å²) < 4.78 is 0. The zero-order valence-corrected chi connectivity index (χ0v) is 11.2. The van der Waals surface area contributed by atoms with Gasteiger partial charge in [0.15, 0.2) is 0 Å². The van der Waals surface area contributed by atoms with Crippen LogP contribution in [0.1, 0.15) is 28.4 Å². The number of rotatable bonds is 5. The summed E-state index contributed by atoms with van der Waals surface area (Å²) in [6, 6.07) is 2.54. The lowest BCUT2D eigenvalue weighted by molar-refractivity contribution is 0.574. The lowest BCUT2D eigenvalue weighted by Gasteiger charge is -2.10. The first kappa shape index (κ1) is 11.8. The van der Waals surface area contributed by atoms with E-state index in [9.17, 15) is 0 Å². The average molecular weight is 252 g/mol. The largest absolute Gasteiger partial charge is 0.308 e. The molecule has 16 heavy (non-hydrogen) atoms. The molecule has 1 unspecified atom stereocenters. The highest BCUT2D eigenvalue weighted by molar-refractivity contribution is 7.11. The molecule has 0 fully saturated rings. The third kappa shape index (κ3) is 3.14. The van der Waals surface area contributed by atoms with Crippen molar-refractivity contribution in [1.82, 2.24) is 10.3 Å². The molecular formula is C12H16N2S2. The van der Waals surface area contributed by atoms with E-state index in [1.165, 1.54) is 15.4 Å². The highest BCUT2D eigenvalue weighted by Crippen LogP contribution is 2.18. The van der Waals surface area contributed by atoms with Gasteiger partial charge in [-0.25, -0.2) is 4.98 Å². The fourth-order valence-corrected chi connectivity index (χ4v) is 3.03. The Morgan fingerprint density at radius 3 is 3.00 bits per heavy atom. The maximum Gasteiger partial charge on any atom is 0.109 e. The molecule has 1 N–H and O–H groups in total. The predicted molar refractivity (Wildman–Crippen MR) is 71.3 cm³/mol. The van der Waals surface area contributed by atoms with Gasteiger partial charge in [-0.2, -0.15) is 11.3 Å². The topological polar surface area (TPSA) is 24.9 Å². The Bertz CT molecular complexity index is 420. The van der Waals surface area contributed by atoms with Crippen molar-refractivity contribution < 1.29 is 0 Å². The first-order chi connectivity index (χ1) is 7.75. The molecule has 0 saturated heterocycles. The van der Waals surface area contributed by atoms with E-state index in [0.29, 0.717) is 6.04 Å². The van der Waals surface area contributed by atoms with Gasteiger partial charge in [0, 0.05) is 11.1 Å². The Kier molecular flexibility index (Phi) is 4.09. The molecule has 0 radical (unpaired) electrons. The number of thiazole rings is 1. The molecule has 0 saturated carbocycles. The predicted octanol–water partition coefficient (Wildman–Crippen LogP) is 3.41. The van der Waals surface area contributed by atoms with Crippen molar-refractivity contribution in [2.24, 2.45) is 0 Å². The van der Waals surface area contributed by atoms with Crippen LogP contribution in [0.5, 0.6) is 0 Å². The third-order valence-electron chi connectivity index (χ3n) is 2.45. The van der Waals surface area contributed by atoms with E-state index in [-0.39, 0.29) is 0 Å². The quantitative estimate of drug-likeness (QED) is 0.882. The first-order valence-electron chi connectivity index (χ1n) is 5.42. The van der Waals surface area contributed by atoms with Crippen LogP contribution in [-0.2, 0) is 6.42 Å². The summed E-state index contributed by atoms with van der Waals surface area (Å²) in [5, 5.41) is 9.02. The highest BCUT2D eigenvalue weighted by atomic mass is 32.1. The van der Waals surface area contributed by atoms with Crippen molar-refractivity contribution >= 4 is 22.7 Å². The van der Waals surface area contributed by atoms with Gasteiger partial charge in [0.25, 0.3) is 0 Å². The van der Waals surface area contributed by atoms with Crippen molar-refractivity contribution in [3.63, 3.8) is 0 Å². The number of thiophene rings is 1. The molecule has 2 aromatic heterocycles. The van der Waals surface area contributed by atoms with Crippen LogP contribution in [0.3, 0.4) is 0 Å². The van der Waals surface area contributed by atoms with Gasteiger partial charge >= 0.3 is 0 Å². The van der Waals surface area contributed by atoms with Gasteiger partial charge < -0.3 is 5.32 Å². The monoisotopic (exact) mass is 252 g/mol. The molecule has 0 amide bonds. The van der Waals surface area contributed by atoms with E-state index in [2.05, 4.69) is 41.0 Å². The zero-order chi connectivity index (χ0) is 11.4. The van der Waals surface area contributed by atoms with Gasteiger partial charge in [0.05, 0.1) is 6.04 Å². The summed E-state index contributed by atoms with van der Waals surface area (Å²) in [6.07, 6.45) is 3.04. The first-order valence-corrected chi connectivity index (χ1v) is 7.18. The number of aromatic nitrogens is 1. The molecule has 0 aliphatic heterocycles. The van der Waals surface area contributed by atoms with Crippen molar-refractivity contribution in [3.8, 4) is 0 Å². The van der Waals surface area contributed by atoms with Gasteiger partial charge in [-0.15, -0.1) is 11.3 Å². The lowest BCUT2D eigenvalue weighted by atomic mass is 10.2. The molecule has 1 atom stereocenters. The fraction of sp³-hybridized carbons (Fsp3) is 0.417. The molecule has 0 aliphatic carbocycles. The maximum absolute atomic E-state index is 4.39. The Balaban J connectivity index is 1.78. The Hall–Kier alpha value is -0.710. The van der Waals surface area contributed by atoms with Gasteiger partial charge in [-0.1, -0.05) is 0 Å². The van der Waals surface area contributed by atoms with Gasteiger partial charge in [-0.05, 0) is 49.2 Å². The Morgan fingerprint density at radius 1 is 1.50 bits per heavy atom. The third-order valence-corrected chi connectivity index (χ3v) is 4.28. The summed E-state index contributed by atoms with van der Waals surface area (Å²) in [5.41, 5.74) is 1.42. The molecule has 2 heterocycles. The second kappa shape index (κ2) is 5.57. The van der Waals surface area contributed by atoms with E-state index in [0.717, 1.165) is 13.0 Å². The fourth-order valence-electron chi connectivity index (χ4n) is 1.53. The summed E-state index contributed by atoms with van der Waals surface area (Å²) in [7, 11) is 0. The van der Waals surface area contributed by atoms with E-state index >= 15 is 0 Å². The van der Waals surface area contributed by atoms with E-state index in [1.54, 1.807) is 22.7 Å². The lowest BCUT2D eigenvalue weighted by Crippen LogP contribution is -2.21. The number of nitrogens with zero attached hydrogens (tertiary/aromatic N) is 1. The van der Waals surface area contributed by atoms with Crippen LogP contribution in [0.15, 0.2) is 23.0 Å². The van der Waals surface area contributed by atoms with Crippen molar-refractivity contribution in [3.05, 3.63) is 38.5 Å². The summed E-state index contributed by atoms with van der Waals surface area (Å²) in [6.45, 7) is 5.28. The molecule has 0 aliphatic rings. The molecule has 0 aromatic carbocycles. The van der Waals surface area contributed by atoms with Gasteiger partial charge in [-0.3, -0.25) is 0 Å². The van der Waals surface area contributed by atoms with E-state index < -0.39 is 0 Å². The minimum atomic E-state index is 0.359. The minimum absolute atomic E-state index is 0.359. The number of nitrogens with one attached hydrogen (secondary N) is 1. The van der Waals surface area contributed by atoms with Crippen LogP contribution in [-0.4, -0.2) is 11.5 Å². The van der Waals surface area contributed by atoms with Crippen LogP contribution in [0.2, 0.25) is 0 Å². The summed E-state index contributed by atoms with van der Waals surface area (Å²) in [5.74, 6) is 0. The standard InChI is InChI=1S/C12H16N2S2/c1-9-7-14-12(16-9)10(2)13-5-3-11-4-6-15-8-11/h4,6-8,10,13H,3,5H2,1-2H3. The van der Waals surface area contributed by atoms with E-state index in [1.807, 2.05) is 6.20 Å². The van der Waals surface area contributed by atoms with Crippen LogP contribution in [0, 0.1) is 6.92 Å². The SMILES string of the molecule is Cc1cnc(C(C)NCCc2ccsc2)s1. The van der Waals surface area contributed by atoms with Crippen molar-refractivity contribution in [2.75, 3.05) is 6.54 Å². The number of aryl methyl sites for hydroxylation is 1. The highest BCUT2D eigenvalue weighted by Gasteiger charge is 2.08. The smallest absolute Gasteiger partial charge is 0.109 e. The van der Waals surface area contributed by atoms with Crippen LogP contribution in [0.25, 0.3) is 0 Å². The van der Waals surface area contributed by atoms with Crippen LogP contribution < -0.4 is 5.32 Å². The second-order valence-corrected chi connectivity index (χ2v) is 5.91. The summed E-state index contributed by atoms with van der Waals surface area (Å²) in [4.78, 5) is 5.67. The maximum atomic E-state index is 4.39. The molecule has 2 rings (SSSR count). The van der Waals surface area contributed by atoms with Crippen molar-refractivity contribution in [1.29, 1.82) is 0 Å². The van der Waals surface area contributed by atoms with Crippen LogP contribution in [0.4, 0.5) is 0 Å². The molecular weight excluding hydrogens is 236 g/mol. The van der Waals surface area contributed by atoms with Crippen LogP contribution >= 0.6 is 22.7 Å². The number of hydrogen-bond acceptors (Lipinski definition) is 4. The molecule has 86 valence electrons. The van der Waals surface area contributed by atoms with E-state index in [4.69, 9.17) is 0 Å². The zero-order valence-electron chi connectivity index (χ0n) is 9.56. The van der Waals surface area contributed by atoms with Crippen molar-refractivity contribution in [2.45, 2.75) is 26.3 Å². The minimum Gasteiger partial charge on any atom is -0.308 e. The normalized spacial score (nSPS) is 12.9. The van der Waals surface area contributed by atoms with Gasteiger partial charge in [0.2, 0.25) is 0 Å². The number of hydrogen-bond donors (Lipinski definition) is 1. The molecule has 4 heteroatoms. The Labute approximate surface area is 104 Å². The molecule has 0 bridgehead atoms. The average Bonchev–Trinajstić information content (AvgIpc) is 2.89. The molecule has 2 nitrogen and oxygen atoms in total. The molecule has 2 aromatic rings.